The van der Waals surface area contributed by atoms with Crippen LogP contribution >= 0.6 is 11.3 Å². The van der Waals surface area contributed by atoms with Crippen molar-refractivity contribution in [1.82, 2.24) is 15.6 Å². The Morgan fingerprint density at radius 1 is 1.53 bits per heavy atom. The second-order valence-electron chi connectivity index (χ2n) is 4.84. The number of aryl methyl sites for hydroxylation is 1. The summed E-state index contributed by atoms with van der Waals surface area (Å²) >= 11 is 1.84. The third-order valence-corrected chi connectivity index (χ3v) is 4.79. The van der Waals surface area contributed by atoms with E-state index in [2.05, 4.69) is 29.5 Å². The van der Waals surface area contributed by atoms with Gasteiger partial charge in [0.2, 0.25) is 0 Å². The van der Waals surface area contributed by atoms with Gasteiger partial charge in [0.05, 0.1) is 6.04 Å². The summed E-state index contributed by atoms with van der Waals surface area (Å²) in [6, 6.07) is 0.398. The molecule has 1 unspecified atom stereocenters. The highest BCUT2D eigenvalue weighted by molar-refractivity contribution is 7.11. The lowest BCUT2D eigenvalue weighted by molar-refractivity contribution is 0.345. The third-order valence-electron chi connectivity index (χ3n) is 3.46. The Labute approximate surface area is 108 Å². The number of thiazole rings is 1. The predicted octanol–water partition coefficient (Wildman–Crippen LogP) is 2.36. The zero-order valence-electron chi connectivity index (χ0n) is 10.8. The Hall–Kier alpha value is -0.450. The van der Waals surface area contributed by atoms with E-state index in [1.165, 1.54) is 35.8 Å². The van der Waals surface area contributed by atoms with Gasteiger partial charge >= 0.3 is 0 Å². The fraction of sp³-hybridized carbons (Fsp3) is 0.769. The van der Waals surface area contributed by atoms with Crippen LogP contribution in [0.2, 0.25) is 0 Å². The van der Waals surface area contributed by atoms with Gasteiger partial charge in [-0.05, 0) is 51.7 Å². The molecule has 0 radical (unpaired) electrons. The molecule has 2 N–H and O–H groups in total. The van der Waals surface area contributed by atoms with Gasteiger partial charge in [-0.2, -0.15) is 0 Å². The van der Waals surface area contributed by atoms with Gasteiger partial charge < -0.3 is 10.6 Å². The molecule has 0 saturated carbocycles. The number of aromatic nitrogens is 1. The first kappa shape index (κ1) is 13.0. The topological polar surface area (TPSA) is 37.0 Å². The Morgan fingerprint density at radius 2 is 2.29 bits per heavy atom. The van der Waals surface area contributed by atoms with Crippen molar-refractivity contribution in [2.75, 3.05) is 19.6 Å². The molecule has 0 amide bonds. The summed E-state index contributed by atoms with van der Waals surface area (Å²) in [5, 5.41) is 8.27. The Morgan fingerprint density at radius 3 is 2.94 bits per heavy atom. The van der Waals surface area contributed by atoms with Gasteiger partial charge in [-0.25, -0.2) is 4.98 Å². The number of nitrogens with zero attached hydrogens (tertiary/aromatic N) is 1. The smallest absolute Gasteiger partial charge is 0.109 e. The van der Waals surface area contributed by atoms with E-state index >= 15 is 0 Å². The molecule has 0 aliphatic carbocycles. The van der Waals surface area contributed by atoms with Crippen LogP contribution in [0.15, 0.2) is 6.20 Å². The van der Waals surface area contributed by atoms with Crippen LogP contribution in [0, 0.1) is 5.92 Å². The highest BCUT2D eigenvalue weighted by atomic mass is 32.1. The molecule has 2 rings (SSSR count). The van der Waals surface area contributed by atoms with Crippen LogP contribution in [-0.4, -0.2) is 24.6 Å². The highest BCUT2D eigenvalue weighted by Gasteiger charge is 2.15. The number of piperidine rings is 1. The first-order chi connectivity index (χ1) is 8.29. The van der Waals surface area contributed by atoms with Crippen LogP contribution in [0.5, 0.6) is 0 Å². The molecule has 1 saturated heterocycles. The van der Waals surface area contributed by atoms with E-state index in [9.17, 15) is 0 Å². The van der Waals surface area contributed by atoms with E-state index in [4.69, 9.17) is 0 Å². The SMILES string of the molecule is CCc1cnc(C(C)NCC2CCNCC2)s1. The van der Waals surface area contributed by atoms with Crippen LogP contribution in [-0.2, 0) is 6.42 Å². The van der Waals surface area contributed by atoms with E-state index in [-0.39, 0.29) is 0 Å². The molecule has 4 heteroatoms. The normalized spacial score (nSPS) is 19.4. The summed E-state index contributed by atoms with van der Waals surface area (Å²) in [5.41, 5.74) is 0. The summed E-state index contributed by atoms with van der Waals surface area (Å²) < 4.78 is 0. The van der Waals surface area contributed by atoms with Crippen molar-refractivity contribution in [2.45, 2.75) is 39.2 Å². The molecule has 17 heavy (non-hydrogen) atoms. The van der Waals surface area contributed by atoms with Gasteiger partial charge in [0.25, 0.3) is 0 Å². The maximum atomic E-state index is 4.49. The first-order valence-corrected chi connectivity index (χ1v) is 7.50. The van der Waals surface area contributed by atoms with Crippen molar-refractivity contribution in [3.05, 3.63) is 16.1 Å². The van der Waals surface area contributed by atoms with E-state index in [1.54, 1.807) is 0 Å². The number of rotatable bonds is 5. The fourth-order valence-electron chi connectivity index (χ4n) is 2.20. The number of hydrogen-bond donors (Lipinski definition) is 2. The quantitative estimate of drug-likeness (QED) is 0.846. The average Bonchev–Trinajstić information content (AvgIpc) is 2.86. The lowest BCUT2D eigenvalue weighted by Crippen LogP contribution is -2.34. The van der Waals surface area contributed by atoms with Crippen LogP contribution < -0.4 is 10.6 Å². The molecule has 1 aromatic heterocycles. The molecular weight excluding hydrogens is 230 g/mol. The van der Waals surface area contributed by atoms with E-state index in [0.717, 1.165) is 18.9 Å². The summed E-state index contributed by atoms with van der Waals surface area (Å²) in [4.78, 5) is 5.88. The van der Waals surface area contributed by atoms with E-state index < -0.39 is 0 Å². The molecule has 1 aromatic rings. The molecule has 96 valence electrons. The van der Waals surface area contributed by atoms with E-state index in [0.29, 0.717) is 6.04 Å². The lowest BCUT2D eigenvalue weighted by atomic mass is 9.98. The van der Waals surface area contributed by atoms with Gasteiger partial charge in [0.15, 0.2) is 0 Å². The maximum Gasteiger partial charge on any atom is 0.109 e. The minimum absolute atomic E-state index is 0.398. The van der Waals surface area contributed by atoms with Crippen LogP contribution in [0.3, 0.4) is 0 Å². The van der Waals surface area contributed by atoms with Gasteiger partial charge in [-0.15, -0.1) is 11.3 Å². The van der Waals surface area contributed by atoms with Crippen LogP contribution in [0.1, 0.15) is 42.6 Å². The average molecular weight is 253 g/mol. The Kier molecular flexibility index (Phi) is 4.95. The molecule has 3 nitrogen and oxygen atoms in total. The van der Waals surface area contributed by atoms with Crippen LogP contribution in [0.25, 0.3) is 0 Å². The zero-order valence-corrected chi connectivity index (χ0v) is 11.6. The molecule has 0 bridgehead atoms. The van der Waals surface area contributed by atoms with Crippen molar-refractivity contribution in [2.24, 2.45) is 5.92 Å². The minimum atomic E-state index is 0.398. The van der Waals surface area contributed by atoms with E-state index in [1.807, 2.05) is 17.5 Å². The molecule has 0 spiro atoms. The lowest BCUT2D eigenvalue weighted by Gasteiger charge is -2.24. The second kappa shape index (κ2) is 6.47. The van der Waals surface area contributed by atoms with Crippen molar-refractivity contribution in [1.29, 1.82) is 0 Å². The van der Waals surface area contributed by atoms with Crippen molar-refractivity contribution < 1.29 is 0 Å². The van der Waals surface area contributed by atoms with Crippen molar-refractivity contribution in [3.63, 3.8) is 0 Å². The van der Waals surface area contributed by atoms with Gasteiger partial charge in [-0.3, -0.25) is 0 Å². The van der Waals surface area contributed by atoms with Gasteiger partial charge in [-0.1, -0.05) is 6.92 Å². The zero-order chi connectivity index (χ0) is 12.1. The summed E-state index contributed by atoms with van der Waals surface area (Å²) in [6.07, 6.45) is 5.72. The monoisotopic (exact) mass is 253 g/mol. The third kappa shape index (κ3) is 3.76. The van der Waals surface area contributed by atoms with Crippen LogP contribution in [0.4, 0.5) is 0 Å². The Bertz CT molecular complexity index is 331. The standard InChI is InChI=1S/C13H23N3S/c1-3-12-9-16-13(17-12)10(2)15-8-11-4-6-14-7-5-11/h9-11,14-15H,3-8H2,1-2H3. The van der Waals surface area contributed by atoms with Crippen molar-refractivity contribution in [3.8, 4) is 0 Å². The largest absolute Gasteiger partial charge is 0.317 e. The first-order valence-electron chi connectivity index (χ1n) is 6.68. The molecule has 2 heterocycles. The molecule has 1 aliphatic rings. The Balaban J connectivity index is 1.77. The van der Waals surface area contributed by atoms with Gasteiger partial charge in [0.1, 0.15) is 5.01 Å². The predicted molar refractivity (Wildman–Crippen MR) is 73.5 cm³/mol. The second-order valence-corrected chi connectivity index (χ2v) is 5.99. The van der Waals surface area contributed by atoms with Gasteiger partial charge in [0, 0.05) is 11.1 Å². The minimum Gasteiger partial charge on any atom is -0.317 e. The fourth-order valence-corrected chi connectivity index (χ4v) is 3.09. The summed E-state index contributed by atoms with van der Waals surface area (Å²) in [5.74, 6) is 0.837. The molecule has 1 aliphatic heterocycles. The summed E-state index contributed by atoms with van der Waals surface area (Å²) in [7, 11) is 0. The number of hydrogen-bond acceptors (Lipinski definition) is 4. The molecule has 0 aromatic carbocycles. The maximum absolute atomic E-state index is 4.49. The molecule has 1 atom stereocenters. The van der Waals surface area contributed by atoms with Crippen molar-refractivity contribution >= 4 is 11.3 Å². The highest BCUT2D eigenvalue weighted by Crippen LogP contribution is 2.21. The molecule has 1 fully saturated rings. The summed E-state index contributed by atoms with van der Waals surface area (Å²) in [6.45, 7) is 7.89. The molecular formula is C13H23N3S. The number of nitrogens with one attached hydrogen (secondary N) is 2.